The van der Waals surface area contributed by atoms with Gasteiger partial charge in [0, 0.05) is 25.2 Å². The number of primary amides is 1. The highest BCUT2D eigenvalue weighted by atomic mass is 16.4. The van der Waals surface area contributed by atoms with Crippen LogP contribution in [0.25, 0.3) is 0 Å². The molecule has 2 aromatic rings. The molecule has 1 aliphatic heterocycles. The van der Waals surface area contributed by atoms with Gasteiger partial charge < -0.3 is 10.2 Å². The molecule has 7 heteroatoms. The highest BCUT2D eigenvalue weighted by Crippen LogP contribution is 2.24. The number of hydrogen-bond donors (Lipinski definition) is 1. The predicted molar refractivity (Wildman–Crippen MR) is 75.7 cm³/mol. The maximum Gasteiger partial charge on any atom is 0.251 e. The molecule has 1 saturated heterocycles. The fourth-order valence-corrected chi connectivity index (χ4v) is 2.36. The summed E-state index contributed by atoms with van der Waals surface area (Å²) in [7, 11) is 0. The first kappa shape index (κ1) is 13.8. The Morgan fingerprint density at radius 1 is 1.48 bits per heavy atom. The van der Waals surface area contributed by atoms with E-state index in [1.165, 1.54) is 6.20 Å². The summed E-state index contributed by atoms with van der Waals surface area (Å²) in [5.41, 5.74) is 5.67. The molecule has 0 aromatic carbocycles. The molecule has 1 amide bonds. The van der Waals surface area contributed by atoms with Crippen molar-refractivity contribution in [1.29, 1.82) is 0 Å². The third kappa shape index (κ3) is 2.82. The predicted octanol–water partition coefficient (Wildman–Crippen LogP) is 1.15. The first-order valence-corrected chi connectivity index (χ1v) is 7.04. The Morgan fingerprint density at radius 3 is 2.81 bits per heavy atom. The average molecular weight is 289 g/mol. The highest BCUT2D eigenvalue weighted by Gasteiger charge is 2.30. The van der Waals surface area contributed by atoms with Crippen LogP contribution in [0, 0.1) is 0 Å². The fraction of sp³-hybridized carbons (Fsp3) is 0.500. The minimum absolute atomic E-state index is 0.276. The Balaban J connectivity index is 1.54. The van der Waals surface area contributed by atoms with Crippen LogP contribution in [-0.4, -0.2) is 38.7 Å². The normalized spacial score (nSPS) is 16.3. The lowest BCUT2D eigenvalue weighted by molar-refractivity contribution is 0.0808. The third-order valence-corrected chi connectivity index (χ3v) is 3.70. The lowest BCUT2D eigenvalue weighted by atomic mass is 10.1. The Morgan fingerprint density at radius 2 is 2.24 bits per heavy atom. The molecule has 0 spiro atoms. The second kappa shape index (κ2) is 5.33. The van der Waals surface area contributed by atoms with Gasteiger partial charge in [0.2, 0.25) is 5.89 Å². The van der Waals surface area contributed by atoms with Gasteiger partial charge in [-0.15, -0.1) is 0 Å². The van der Waals surface area contributed by atoms with Crippen LogP contribution in [-0.2, 0) is 6.54 Å². The zero-order valence-electron chi connectivity index (χ0n) is 12.2. The van der Waals surface area contributed by atoms with E-state index in [4.69, 9.17) is 10.2 Å². The summed E-state index contributed by atoms with van der Waals surface area (Å²) >= 11 is 0. The second-order valence-electron chi connectivity index (χ2n) is 5.73. The maximum atomic E-state index is 11.0. The van der Waals surface area contributed by atoms with Crippen molar-refractivity contribution < 1.29 is 9.21 Å². The topological polar surface area (TPSA) is 90.2 Å². The molecule has 1 fully saturated rings. The zero-order valence-corrected chi connectivity index (χ0v) is 12.2. The van der Waals surface area contributed by atoms with E-state index in [2.05, 4.69) is 28.8 Å². The van der Waals surface area contributed by atoms with Crippen LogP contribution in [0.5, 0.6) is 0 Å². The van der Waals surface area contributed by atoms with Crippen molar-refractivity contribution in [3.63, 3.8) is 0 Å². The standard InChI is InChI=1S/C14H19N5O2/c1-9(2)12-4-16-13(21-12)8-18-6-11(7-18)19-5-10(3-17-19)14(15)20/h3-5,9,11H,6-8H2,1-2H3,(H2,15,20). The second-order valence-corrected chi connectivity index (χ2v) is 5.73. The lowest BCUT2D eigenvalue weighted by Crippen LogP contribution is -2.47. The van der Waals surface area contributed by atoms with Gasteiger partial charge in [0.15, 0.2) is 0 Å². The van der Waals surface area contributed by atoms with E-state index in [1.54, 1.807) is 17.1 Å². The van der Waals surface area contributed by atoms with E-state index in [-0.39, 0.29) is 6.04 Å². The molecule has 1 aliphatic rings. The van der Waals surface area contributed by atoms with Gasteiger partial charge in [-0.05, 0) is 0 Å². The summed E-state index contributed by atoms with van der Waals surface area (Å²) in [6.07, 6.45) is 5.00. The minimum Gasteiger partial charge on any atom is -0.444 e. The average Bonchev–Trinajstić information content (AvgIpc) is 3.02. The van der Waals surface area contributed by atoms with Crippen molar-refractivity contribution in [3.8, 4) is 0 Å². The van der Waals surface area contributed by atoms with Gasteiger partial charge >= 0.3 is 0 Å². The highest BCUT2D eigenvalue weighted by molar-refractivity contribution is 5.92. The van der Waals surface area contributed by atoms with Crippen molar-refractivity contribution in [2.24, 2.45) is 5.73 Å². The largest absolute Gasteiger partial charge is 0.444 e. The van der Waals surface area contributed by atoms with E-state index in [0.29, 0.717) is 18.0 Å². The molecule has 112 valence electrons. The van der Waals surface area contributed by atoms with Gasteiger partial charge in [0.1, 0.15) is 5.76 Å². The monoisotopic (exact) mass is 289 g/mol. The molecule has 7 nitrogen and oxygen atoms in total. The third-order valence-electron chi connectivity index (χ3n) is 3.70. The molecule has 3 rings (SSSR count). The molecule has 0 saturated carbocycles. The van der Waals surface area contributed by atoms with Crippen molar-refractivity contribution in [2.75, 3.05) is 13.1 Å². The number of rotatable bonds is 5. The fourth-order valence-electron chi connectivity index (χ4n) is 2.36. The van der Waals surface area contributed by atoms with Crippen LogP contribution in [0.2, 0.25) is 0 Å². The van der Waals surface area contributed by atoms with Crippen molar-refractivity contribution in [1.82, 2.24) is 19.7 Å². The first-order valence-electron chi connectivity index (χ1n) is 7.04. The van der Waals surface area contributed by atoms with Crippen molar-refractivity contribution in [3.05, 3.63) is 35.8 Å². The van der Waals surface area contributed by atoms with Crippen LogP contribution >= 0.6 is 0 Å². The number of carbonyl (C=O) groups is 1. The van der Waals surface area contributed by atoms with Crippen LogP contribution in [0.3, 0.4) is 0 Å². The minimum atomic E-state index is -0.446. The smallest absolute Gasteiger partial charge is 0.251 e. The van der Waals surface area contributed by atoms with Gasteiger partial charge in [-0.1, -0.05) is 13.8 Å². The van der Waals surface area contributed by atoms with Gasteiger partial charge in [0.05, 0.1) is 30.5 Å². The Kier molecular flexibility index (Phi) is 3.50. The Bertz CT molecular complexity index is 639. The van der Waals surface area contributed by atoms with Crippen molar-refractivity contribution in [2.45, 2.75) is 32.4 Å². The summed E-state index contributed by atoms with van der Waals surface area (Å²) < 4.78 is 7.49. The molecule has 21 heavy (non-hydrogen) atoms. The van der Waals surface area contributed by atoms with Crippen molar-refractivity contribution >= 4 is 5.91 Å². The molecular weight excluding hydrogens is 270 g/mol. The van der Waals surface area contributed by atoms with Gasteiger partial charge in [-0.3, -0.25) is 14.4 Å². The maximum absolute atomic E-state index is 11.0. The number of amides is 1. The van der Waals surface area contributed by atoms with E-state index < -0.39 is 5.91 Å². The summed E-state index contributed by atoms with van der Waals surface area (Å²) in [6.45, 7) is 6.59. The Hall–Kier alpha value is -2.15. The number of hydrogen-bond acceptors (Lipinski definition) is 5. The van der Waals surface area contributed by atoms with E-state index in [9.17, 15) is 4.79 Å². The van der Waals surface area contributed by atoms with Gasteiger partial charge in [-0.2, -0.15) is 5.10 Å². The van der Waals surface area contributed by atoms with Crippen LogP contribution in [0.4, 0.5) is 0 Å². The summed E-state index contributed by atoms with van der Waals surface area (Å²) in [6, 6.07) is 0.276. The number of carbonyl (C=O) groups excluding carboxylic acids is 1. The number of likely N-dealkylation sites (tertiary alicyclic amines) is 1. The molecule has 0 radical (unpaired) electrons. The van der Waals surface area contributed by atoms with E-state index in [0.717, 1.165) is 24.7 Å². The van der Waals surface area contributed by atoms with Gasteiger partial charge in [-0.25, -0.2) is 4.98 Å². The van der Waals surface area contributed by atoms with E-state index in [1.807, 2.05) is 0 Å². The first-order chi connectivity index (χ1) is 10.0. The molecule has 2 N–H and O–H groups in total. The lowest BCUT2D eigenvalue weighted by Gasteiger charge is -2.38. The van der Waals surface area contributed by atoms with Crippen LogP contribution in [0.15, 0.2) is 23.0 Å². The summed E-state index contributed by atoms with van der Waals surface area (Å²) in [4.78, 5) is 17.6. The number of nitrogens with two attached hydrogens (primary N) is 1. The molecule has 0 bridgehead atoms. The Labute approximate surface area is 122 Å². The SMILES string of the molecule is CC(C)c1cnc(CN2CC(n3cc(C(N)=O)cn3)C2)o1. The van der Waals surface area contributed by atoms with Gasteiger partial charge in [0.25, 0.3) is 5.91 Å². The summed E-state index contributed by atoms with van der Waals surface area (Å²) in [5.74, 6) is 1.57. The zero-order chi connectivity index (χ0) is 15.0. The molecule has 0 aliphatic carbocycles. The summed E-state index contributed by atoms with van der Waals surface area (Å²) in [5, 5.41) is 4.18. The molecule has 0 atom stereocenters. The molecular formula is C14H19N5O2. The van der Waals surface area contributed by atoms with Crippen LogP contribution in [0.1, 0.15) is 47.8 Å². The van der Waals surface area contributed by atoms with Crippen LogP contribution < -0.4 is 5.73 Å². The molecule has 3 heterocycles. The number of nitrogens with zero attached hydrogens (tertiary/aromatic N) is 4. The van der Waals surface area contributed by atoms with E-state index >= 15 is 0 Å². The number of aromatic nitrogens is 3. The number of oxazole rings is 1. The molecule has 0 unspecified atom stereocenters. The quantitative estimate of drug-likeness (QED) is 0.891. The molecule has 2 aromatic heterocycles.